The number of carbonyl (C=O) groups is 1. The SMILES string of the molecule is O=C1C[C@@H]2CC(OCc3ccccc3)C[C@H](C1)N2Cc1ccccc1. The lowest BCUT2D eigenvalue weighted by molar-refractivity contribution is -0.132. The van der Waals surface area contributed by atoms with Crippen LogP contribution in [0.1, 0.15) is 36.8 Å². The molecule has 0 radical (unpaired) electrons. The maximum atomic E-state index is 12.1. The molecule has 3 atom stereocenters. The van der Waals surface area contributed by atoms with Gasteiger partial charge in [0.05, 0.1) is 12.7 Å². The number of rotatable bonds is 5. The summed E-state index contributed by atoms with van der Waals surface area (Å²) in [5, 5.41) is 0. The minimum absolute atomic E-state index is 0.260. The summed E-state index contributed by atoms with van der Waals surface area (Å²) >= 11 is 0. The summed E-state index contributed by atoms with van der Waals surface area (Å²) in [6.07, 6.45) is 3.53. The number of Topliss-reactive ketones (excluding diaryl/α,β-unsaturated/α-hetero) is 1. The zero-order valence-electron chi connectivity index (χ0n) is 14.5. The quantitative estimate of drug-likeness (QED) is 0.828. The van der Waals surface area contributed by atoms with Gasteiger partial charge in [0.1, 0.15) is 5.78 Å². The van der Waals surface area contributed by atoms with Gasteiger partial charge in [0.15, 0.2) is 0 Å². The van der Waals surface area contributed by atoms with E-state index in [0.717, 1.165) is 19.4 Å². The largest absolute Gasteiger partial charge is 0.373 e. The Hall–Kier alpha value is -1.97. The molecule has 0 spiro atoms. The summed E-state index contributed by atoms with van der Waals surface area (Å²) in [6.45, 7) is 1.60. The molecule has 0 N–H and O–H groups in total. The molecule has 2 aromatic carbocycles. The molecule has 0 aromatic heterocycles. The number of carbonyl (C=O) groups excluding carboxylic acids is 1. The number of hydrogen-bond acceptors (Lipinski definition) is 3. The molecule has 25 heavy (non-hydrogen) atoms. The number of benzene rings is 2. The first-order valence-electron chi connectivity index (χ1n) is 9.25. The van der Waals surface area contributed by atoms with Gasteiger partial charge in [-0.05, 0) is 24.0 Å². The zero-order valence-corrected chi connectivity index (χ0v) is 14.5. The zero-order chi connectivity index (χ0) is 17.1. The van der Waals surface area contributed by atoms with E-state index in [0.29, 0.717) is 37.3 Å². The van der Waals surface area contributed by atoms with Crippen LogP contribution in [-0.4, -0.2) is 28.9 Å². The van der Waals surface area contributed by atoms with Gasteiger partial charge in [-0.3, -0.25) is 9.69 Å². The van der Waals surface area contributed by atoms with Crippen LogP contribution in [0.15, 0.2) is 60.7 Å². The molecular weight excluding hydrogens is 310 g/mol. The van der Waals surface area contributed by atoms with Crippen molar-refractivity contribution >= 4 is 5.78 Å². The Morgan fingerprint density at radius 2 is 1.40 bits per heavy atom. The van der Waals surface area contributed by atoms with Gasteiger partial charge in [0.25, 0.3) is 0 Å². The van der Waals surface area contributed by atoms with Crippen molar-refractivity contribution in [3.05, 3.63) is 71.8 Å². The number of nitrogens with zero attached hydrogens (tertiary/aromatic N) is 1. The van der Waals surface area contributed by atoms with Crippen molar-refractivity contribution in [2.45, 2.75) is 57.0 Å². The Morgan fingerprint density at radius 3 is 2.00 bits per heavy atom. The lowest BCUT2D eigenvalue weighted by Gasteiger charge is -2.48. The first-order valence-corrected chi connectivity index (χ1v) is 9.25. The van der Waals surface area contributed by atoms with Gasteiger partial charge < -0.3 is 4.74 Å². The highest BCUT2D eigenvalue weighted by Gasteiger charge is 2.41. The Morgan fingerprint density at radius 1 is 0.840 bits per heavy atom. The number of piperidine rings is 2. The molecule has 0 amide bonds. The van der Waals surface area contributed by atoms with E-state index < -0.39 is 0 Å². The lowest BCUT2D eigenvalue weighted by Crippen LogP contribution is -2.55. The van der Waals surface area contributed by atoms with Gasteiger partial charge in [0.2, 0.25) is 0 Å². The molecule has 2 aliphatic heterocycles. The highest BCUT2D eigenvalue weighted by atomic mass is 16.5. The molecule has 2 saturated heterocycles. The summed E-state index contributed by atoms with van der Waals surface area (Å²) in [7, 11) is 0. The third-order valence-corrected chi connectivity index (χ3v) is 5.47. The lowest BCUT2D eigenvalue weighted by atomic mass is 9.82. The molecule has 3 heteroatoms. The summed E-state index contributed by atoms with van der Waals surface area (Å²) < 4.78 is 6.20. The molecule has 0 saturated carbocycles. The Kier molecular flexibility index (Phi) is 4.95. The standard InChI is InChI=1S/C22H25NO2/c24-21-11-19-13-22(25-16-18-9-5-2-6-10-18)14-20(12-21)23(19)15-17-7-3-1-4-8-17/h1-10,19-20,22H,11-16H2/t19-,20+,22?. The summed E-state index contributed by atoms with van der Waals surface area (Å²) in [5.74, 6) is 0.417. The van der Waals surface area contributed by atoms with E-state index in [-0.39, 0.29) is 6.10 Å². The topological polar surface area (TPSA) is 29.5 Å². The smallest absolute Gasteiger partial charge is 0.136 e. The second kappa shape index (κ2) is 7.51. The fraction of sp³-hybridized carbons (Fsp3) is 0.409. The Bertz CT molecular complexity index is 682. The monoisotopic (exact) mass is 335 g/mol. The van der Waals surface area contributed by atoms with Crippen LogP contribution in [0.4, 0.5) is 0 Å². The second-order valence-corrected chi connectivity index (χ2v) is 7.30. The van der Waals surface area contributed by atoms with Gasteiger partial charge in [-0.15, -0.1) is 0 Å². The predicted molar refractivity (Wildman–Crippen MR) is 98.1 cm³/mol. The third kappa shape index (κ3) is 4.00. The van der Waals surface area contributed by atoms with Crippen LogP contribution in [0.2, 0.25) is 0 Å². The van der Waals surface area contributed by atoms with Crippen LogP contribution in [0.3, 0.4) is 0 Å². The Labute approximate surface area is 149 Å². The van der Waals surface area contributed by atoms with Crippen molar-refractivity contribution in [3.8, 4) is 0 Å². The molecular formula is C22H25NO2. The fourth-order valence-electron chi connectivity index (χ4n) is 4.26. The van der Waals surface area contributed by atoms with Gasteiger partial charge in [-0.2, -0.15) is 0 Å². The van der Waals surface area contributed by atoms with Gasteiger partial charge in [-0.25, -0.2) is 0 Å². The van der Waals surface area contributed by atoms with E-state index in [4.69, 9.17) is 4.74 Å². The van der Waals surface area contributed by atoms with Crippen molar-refractivity contribution < 1.29 is 9.53 Å². The van der Waals surface area contributed by atoms with Gasteiger partial charge in [0, 0.05) is 31.5 Å². The van der Waals surface area contributed by atoms with Crippen molar-refractivity contribution in [2.24, 2.45) is 0 Å². The highest BCUT2D eigenvalue weighted by molar-refractivity contribution is 5.80. The molecule has 3 nitrogen and oxygen atoms in total. The van der Waals surface area contributed by atoms with Crippen LogP contribution in [-0.2, 0) is 22.7 Å². The predicted octanol–water partition coefficient (Wildman–Crippen LogP) is 3.97. The van der Waals surface area contributed by atoms with Crippen LogP contribution < -0.4 is 0 Å². The van der Waals surface area contributed by atoms with E-state index >= 15 is 0 Å². The van der Waals surface area contributed by atoms with Crippen LogP contribution in [0.5, 0.6) is 0 Å². The maximum Gasteiger partial charge on any atom is 0.136 e. The van der Waals surface area contributed by atoms with E-state index in [9.17, 15) is 4.79 Å². The minimum Gasteiger partial charge on any atom is -0.373 e. The normalized spacial score (nSPS) is 26.6. The number of hydrogen-bond donors (Lipinski definition) is 0. The first-order chi connectivity index (χ1) is 12.3. The van der Waals surface area contributed by atoms with E-state index in [1.807, 2.05) is 6.07 Å². The van der Waals surface area contributed by atoms with E-state index in [1.165, 1.54) is 11.1 Å². The summed E-state index contributed by atoms with van der Waals surface area (Å²) in [5.41, 5.74) is 2.55. The molecule has 2 heterocycles. The third-order valence-electron chi connectivity index (χ3n) is 5.47. The van der Waals surface area contributed by atoms with Crippen molar-refractivity contribution in [3.63, 3.8) is 0 Å². The van der Waals surface area contributed by atoms with E-state index in [2.05, 4.69) is 59.5 Å². The molecule has 2 aliphatic rings. The van der Waals surface area contributed by atoms with Crippen molar-refractivity contribution in [1.29, 1.82) is 0 Å². The van der Waals surface area contributed by atoms with Crippen LogP contribution in [0, 0.1) is 0 Å². The van der Waals surface area contributed by atoms with E-state index in [1.54, 1.807) is 0 Å². The second-order valence-electron chi connectivity index (χ2n) is 7.30. The molecule has 130 valence electrons. The average molecular weight is 335 g/mol. The highest BCUT2D eigenvalue weighted by Crippen LogP contribution is 2.35. The average Bonchev–Trinajstić information content (AvgIpc) is 2.63. The van der Waals surface area contributed by atoms with Crippen LogP contribution >= 0.6 is 0 Å². The minimum atomic E-state index is 0.260. The molecule has 0 aliphatic carbocycles. The molecule has 4 rings (SSSR count). The van der Waals surface area contributed by atoms with Gasteiger partial charge in [-0.1, -0.05) is 60.7 Å². The Balaban J connectivity index is 1.41. The fourth-order valence-corrected chi connectivity index (χ4v) is 4.26. The van der Waals surface area contributed by atoms with Crippen molar-refractivity contribution in [1.82, 2.24) is 4.90 Å². The first kappa shape index (κ1) is 16.5. The molecule has 1 unspecified atom stereocenters. The molecule has 2 bridgehead atoms. The van der Waals surface area contributed by atoms with Gasteiger partial charge >= 0.3 is 0 Å². The summed E-state index contributed by atoms with van der Waals surface area (Å²) in [4.78, 5) is 14.6. The van der Waals surface area contributed by atoms with Crippen LogP contribution in [0.25, 0.3) is 0 Å². The van der Waals surface area contributed by atoms with Crippen molar-refractivity contribution in [2.75, 3.05) is 0 Å². The number of ketones is 1. The molecule has 2 aromatic rings. The maximum absolute atomic E-state index is 12.1. The number of ether oxygens (including phenoxy) is 1. The summed E-state index contributed by atoms with van der Waals surface area (Å²) in [6, 6.07) is 21.6. The number of fused-ring (bicyclic) bond motifs is 2. The molecule has 2 fully saturated rings.